The molecule has 0 atom stereocenters. The summed E-state index contributed by atoms with van der Waals surface area (Å²) in [6, 6.07) is 7.83. The van der Waals surface area contributed by atoms with E-state index < -0.39 is 36.4 Å². The highest BCUT2D eigenvalue weighted by atomic mass is 31.2. The van der Waals surface area contributed by atoms with Gasteiger partial charge in [0.1, 0.15) is 17.1 Å². The predicted octanol–water partition coefficient (Wildman–Crippen LogP) is 6.01. The highest BCUT2D eigenvalue weighted by Crippen LogP contribution is 2.61. The lowest BCUT2D eigenvalue weighted by atomic mass is 9.75. The lowest BCUT2D eigenvalue weighted by Crippen LogP contribution is -2.27. The Balaban J connectivity index is 1.52. The second-order valence-electron chi connectivity index (χ2n) is 11.4. The maximum absolute atomic E-state index is 14.1. The monoisotopic (exact) mass is 649 g/mol. The van der Waals surface area contributed by atoms with Crippen LogP contribution in [0.4, 0.5) is 36.3 Å². The van der Waals surface area contributed by atoms with Gasteiger partial charge in [-0.2, -0.15) is 18.2 Å². The van der Waals surface area contributed by atoms with Crippen LogP contribution in [0.3, 0.4) is 0 Å². The van der Waals surface area contributed by atoms with Crippen molar-refractivity contribution in [2.45, 2.75) is 69.4 Å². The number of aliphatic hydroxyl groups excluding tert-OH is 1. The summed E-state index contributed by atoms with van der Waals surface area (Å²) in [5.41, 5.74) is 1.48. The Kier molecular flexibility index (Phi) is 8.64. The fourth-order valence-corrected chi connectivity index (χ4v) is 7.52. The molecule has 0 spiro atoms. The molecule has 0 saturated heterocycles. The Morgan fingerprint density at radius 1 is 1.09 bits per heavy atom. The zero-order valence-electron chi connectivity index (χ0n) is 25.1. The number of hydrogen-bond acceptors (Lipinski definition) is 8. The first-order chi connectivity index (χ1) is 21.1. The number of aliphatic hydroxyl groups is 1. The minimum atomic E-state index is -4.82. The molecule has 0 unspecified atom stereocenters. The number of alkyl halides is 3. The third kappa shape index (κ3) is 5.87. The Hall–Kier alpha value is -3.71. The number of halogens is 3. The van der Waals surface area contributed by atoms with Crippen LogP contribution in [0.15, 0.2) is 36.5 Å². The number of nitrogens with zero attached hydrogens (tertiary/aromatic N) is 3. The van der Waals surface area contributed by atoms with Crippen molar-refractivity contribution in [3.05, 3.63) is 64.3 Å². The summed E-state index contributed by atoms with van der Waals surface area (Å²) in [6.07, 6.45) is -3.18. The van der Waals surface area contributed by atoms with Gasteiger partial charge in [-0.05, 0) is 66.5 Å². The fraction of sp³-hybridized carbons (Fsp3) is 0.433. The third-order valence-corrected chi connectivity index (χ3v) is 10.9. The van der Waals surface area contributed by atoms with E-state index in [9.17, 15) is 37.4 Å². The summed E-state index contributed by atoms with van der Waals surface area (Å²) < 4.78 is 60.2. The normalized spacial score (nSPS) is 18.4. The number of ether oxygens (including phenoxy) is 1. The van der Waals surface area contributed by atoms with Crippen LogP contribution in [-0.4, -0.2) is 55.9 Å². The highest BCUT2D eigenvalue weighted by molar-refractivity contribution is 7.53. The van der Waals surface area contributed by atoms with Gasteiger partial charge < -0.3 is 35.2 Å². The van der Waals surface area contributed by atoms with Gasteiger partial charge in [0.05, 0.1) is 35.3 Å². The van der Waals surface area contributed by atoms with Gasteiger partial charge in [-0.1, -0.05) is 26.0 Å². The van der Waals surface area contributed by atoms with E-state index in [1.54, 1.807) is 33.0 Å². The molecular formula is C30H35F3N5O6P. The number of benzene rings is 2. The van der Waals surface area contributed by atoms with Crippen LogP contribution in [-0.2, 0) is 22.4 Å². The Labute approximate surface area is 258 Å². The number of rotatable bonds is 10. The van der Waals surface area contributed by atoms with Crippen LogP contribution in [0.1, 0.15) is 78.1 Å². The number of aromatic nitrogens is 2. The molecule has 1 aliphatic carbocycles. The number of carbonyl (C=O) groups excluding carboxylic acids is 1. The van der Waals surface area contributed by atoms with Crippen LogP contribution in [0.2, 0.25) is 0 Å². The van der Waals surface area contributed by atoms with Crippen molar-refractivity contribution in [2.24, 2.45) is 0 Å². The minimum absolute atomic E-state index is 0.0607. The number of hydrogen-bond donors (Lipinski definition) is 5. The summed E-state index contributed by atoms with van der Waals surface area (Å²) in [7, 11) is -1.61. The van der Waals surface area contributed by atoms with Crippen LogP contribution in [0, 0.1) is 0 Å². The van der Waals surface area contributed by atoms with E-state index in [1.165, 1.54) is 30.2 Å². The third-order valence-electron chi connectivity index (χ3n) is 8.92. The maximum atomic E-state index is 14.1. The lowest BCUT2D eigenvalue weighted by molar-refractivity contribution is -0.137. The van der Waals surface area contributed by atoms with E-state index in [2.05, 4.69) is 20.6 Å². The largest absolute Gasteiger partial charge is 0.495 e. The van der Waals surface area contributed by atoms with Crippen molar-refractivity contribution < 1.29 is 42.2 Å². The smallest absolute Gasteiger partial charge is 0.421 e. The molecule has 1 saturated carbocycles. The molecule has 3 aromatic rings. The summed E-state index contributed by atoms with van der Waals surface area (Å²) in [6.45, 7) is 3.65. The molecular weight excluding hydrogens is 614 g/mol. The number of amides is 1. The van der Waals surface area contributed by atoms with Crippen molar-refractivity contribution in [2.75, 3.05) is 24.8 Å². The first-order valence-corrected chi connectivity index (χ1v) is 16.1. The minimum Gasteiger partial charge on any atom is -0.495 e. The molecule has 1 aliphatic heterocycles. The fourth-order valence-electron chi connectivity index (χ4n) is 6.22. The van der Waals surface area contributed by atoms with Crippen LogP contribution in [0.25, 0.3) is 0 Å². The Morgan fingerprint density at radius 3 is 2.33 bits per heavy atom. The van der Waals surface area contributed by atoms with Gasteiger partial charge in [-0.3, -0.25) is 9.36 Å². The second kappa shape index (κ2) is 11.9. The van der Waals surface area contributed by atoms with Gasteiger partial charge in [0.15, 0.2) is 0 Å². The van der Waals surface area contributed by atoms with Gasteiger partial charge in [-0.15, -0.1) is 0 Å². The average molecular weight is 650 g/mol. The topological polar surface area (TPSA) is 157 Å². The number of nitrogens with one attached hydrogen (secondary N) is 2. The number of carbonyl (C=O) groups is 1. The number of anilines is 4. The molecule has 2 aliphatic rings. The molecule has 15 heteroatoms. The maximum Gasteiger partial charge on any atom is 0.421 e. The van der Waals surface area contributed by atoms with Gasteiger partial charge in [-0.25, -0.2) is 4.98 Å². The predicted molar refractivity (Wildman–Crippen MR) is 161 cm³/mol. The quantitative estimate of drug-likeness (QED) is 0.165. The van der Waals surface area contributed by atoms with E-state index in [1.807, 2.05) is 0 Å². The van der Waals surface area contributed by atoms with Gasteiger partial charge >= 0.3 is 13.8 Å². The molecule has 5 rings (SSSR count). The number of fused-ring (bicyclic) bond motifs is 1. The van der Waals surface area contributed by atoms with E-state index >= 15 is 0 Å². The molecule has 1 fully saturated rings. The first-order valence-electron chi connectivity index (χ1n) is 14.4. The Bertz CT molecular complexity index is 1670. The van der Waals surface area contributed by atoms with E-state index in [0.29, 0.717) is 36.7 Å². The van der Waals surface area contributed by atoms with Crippen LogP contribution >= 0.6 is 7.60 Å². The zero-order chi connectivity index (χ0) is 32.9. The van der Waals surface area contributed by atoms with E-state index in [4.69, 9.17) is 4.74 Å². The van der Waals surface area contributed by atoms with Crippen LogP contribution in [0.5, 0.6) is 5.75 Å². The molecule has 1 aromatic heterocycles. The molecule has 242 valence electrons. The van der Waals surface area contributed by atoms with Gasteiger partial charge in [0.25, 0.3) is 5.91 Å². The summed E-state index contributed by atoms with van der Waals surface area (Å²) in [4.78, 5) is 42.9. The molecule has 5 N–H and O–H groups in total. The molecule has 45 heavy (non-hydrogen) atoms. The van der Waals surface area contributed by atoms with Crippen molar-refractivity contribution in [1.82, 2.24) is 14.9 Å². The summed E-state index contributed by atoms with van der Waals surface area (Å²) in [5, 5.41) is 13.9. The standard InChI is InChI=1S/C30H35F3N5O6P/c1-5-29(6-2,45(41,42)43)17-7-9-22(24(13-17)44-4)36-28-34-14-21(30(31,32)33)26(37-28)35-23-10-8-19(16-11-18(39)12-16)20-15-38(3)27(40)25(20)23/h7-10,13-14,16,18,39H,5-6,11-12,15H2,1-4H3,(H2,41,42,43)(H2,34,35,36,37)/t16-,18+. The van der Waals surface area contributed by atoms with Crippen LogP contribution < -0.4 is 15.4 Å². The molecule has 0 bridgehead atoms. The second-order valence-corrected chi connectivity index (χ2v) is 13.4. The first kappa shape index (κ1) is 32.7. The van der Waals surface area contributed by atoms with Gasteiger partial charge in [0, 0.05) is 19.8 Å². The zero-order valence-corrected chi connectivity index (χ0v) is 26.0. The van der Waals surface area contributed by atoms with Crippen molar-refractivity contribution in [3.8, 4) is 5.75 Å². The molecule has 11 nitrogen and oxygen atoms in total. The van der Waals surface area contributed by atoms with E-state index in [0.717, 1.165) is 5.56 Å². The molecule has 2 heterocycles. The Morgan fingerprint density at radius 2 is 1.76 bits per heavy atom. The molecule has 2 aromatic carbocycles. The molecule has 1 amide bonds. The van der Waals surface area contributed by atoms with Crippen molar-refractivity contribution in [3.63, 3.8) is 0 Å². The lowest BCUT2D eigenvalue weighted by Gasteiger charge is -2.33. The summed E-state index contributed by atoms with van der Waals surface area (Å²) >= 11 is 0. The summed E-state index contributed by atoms with van der Waals surface area (Å²) in [5.74, 6) is -0.905. The van der Waals surface area contributed by atoms with Crippen molar-refractivity contribution in [1.29, 1.82) is 0 Å². The average Bonchev–Trinajstić information content (AvgIpc) is 3.26. The van der Waals surface area contributed by atoms with Crippen molar-refractivity contribution >= 4 is 36.6 Å². The molecule has 0 radical (unpaired) electrons. The highest BCUT2D eigenvalue weighted by Gasteiger charge is 2.46. The van der Waals surface area contributed by atoms with Gasteiger partial charge in [0.2, 0.25) is 5.95 Å². The SMILES string of the molecule is CCC(CC)(c1ccc(Nc2ncc(C(F)(F)F)c(Nc3ccc([C@H]4C[C@@H](O)C4)c4c3C(=O)N(C)C4)n2)c(OC)c1)P(=O)(O)O. The number of methoxy groups -OCH3 is 1. The van der Waals surface area contributed by atoms with E-state index in [-0.39, 0.29) is 53.3 Å².